The Labute approximate surface area is 134 Å². The van der Waals surface area contributed by atoms with Crippen molar-refractivity contribution in [3.05, 3.63) is 27.2 Å². The van der Waals surface area contributed by atoms with Crippen LogP contribution in [0.1, 0.15) is 0 Å². The lowest BCUT2D eigenvalue weighted by atomic mass is 10.3. The Morgan fingerprint density at radius 3 is 2.35 bits per heavy atom. The van der Waals surface area contributed by atoms with Crippen LogP contribution in [0.2, 0.25) is 15.1 Å². The van der Waals surface area contributed by atoms with Gasteiger partial charge in [-0.3, -0.25) is 4.79 Å². The molecule has 20 heavy (non-hydrogen) atoms. The van der Waals surface area contributed by atoms with E-state index in [1.807, 2.05) is 0 Å². The molecule has 110 valence electrons. The summed E-state index contributed by atoms with van der Waals surface area (Å²) in [6.07, 6.45) is 0. The lowest BCUT2D eigenvalue weighted by Gasteiger charge is -2.21. The largest absolute Gasteiger partial charge is 0.480 e. The fourth-order valence-corrected chi connectivity index (χ4v) is 6.38. The summed E-state index contributed by atoms with van der Waals surface area (Å²) in [5.41, 5.74) is 0. The van der Waals surface area contributed by atoms with Crippen LogP contribution in [-0.2, 0) is 14.8 Å². The first-order valence-electron chi connectivity index (χ1n) is 5.22. The molecule has 0 bridgehead atoms. The normalized spacial score (nSPS) is 20.2. The molecule has 0 spiro atoms. The Hall–Kier alpha value is -0.180. The predicted molar refractivity (Wildman–Crippen MR) is 79.2 cm³/mol. The van der Waals surface area contributed by atoms with Crippen LogP contribution in [0.25, 0.3) is 0 Å². The van der Waals surface area contributed by atoms with Crippen LogP contribution in [-0.4, -0.2) is 41.5 Å². The number of carbonyl (C=O) groups is 1. The Kier molecular flexibility index (Phi) is 4.78. The minimum absolute atomic E-state index is 0.0363. The fraction of sp³-hybridized carbons (Fsp3) is 0.300. The van der Waals surface area contributed by atoms with Gasteiger partial charge in [-0.2, -0.15) is 4.31 Å². The van der Waals surface area contributed by atoms with E-state index in [1.165, 1.54) is 23.9 Å². The van der Waals surface area contributed by atoms with Gasteiger partial charge in [-0.05, 0) is 12.1 Å². The molecule has 0 aliphatic carbocycles. The maximum absolute atomic E-state index is 12.5. The third-order valence-electron chi connectivity index (χ3n) is 2.66. The SMILES string of the molecule is O=C(O)C1CSCN1S(=O)(=O)c1c(Cl)cc(Cl)cc1Cl. The van der Waals surface area contributed by atoms with E-state index in [-0.39, 0.29) is 31.6 Å². The second-order valence-electron chi connectivity index (χ2n) is 3.94. The van der Waals surface area contributed by atoms with Gasteiger partial charge in [-0.1, -0.05) is 34.8 Å². The molecular formula is C10H8Cl3NO4S2. The maximum Gasteiger partial charge on any atom is 0.322 e. The third-order valence-corrected chi connectivity index (χ3v) is 6.83. The number of sulfonamides is 1. The van der Waals surface area contributed by atoms with Gasteiger partial charge in [-0.25, -0.2) is 8.42 Å². The van der Waals surface area contributed by atoms with Crippen molar-refractivity contribution >= 4 is 62.6 Å². The maximum atomic E-state index is 12.5. The van der Waals surface area contributed by atoms with Gasteiger partial charge in [0.2, 0.25) is 10.0 Å². The van der Waals surface area contributed by atoms with E-state index >= 15 is 0 Å². The molecule has 1 heterocycles. The van der Waals surface area contributed by atoms with Gasteiger partial charge in [0.25, 0.3) is 0 Å². The highest BCUT2D eigenvalue weighted by molar-refractivity contribution is 8.00. The second-order valence-corrected chi connectivity index (χ2v) is 8.02. The van der Waals surface area contributed by atoms with Crippen LogP contribution in [0.15, 0.2) is 17.0 Å². The minimum atomic E-state index is -4.10. The molecule has 1 aliphatic rings. The highest BCUT2D eigenvalue weighted by atomic mass is 35.5. The van der Waals surface area contributed by atoms with Crippen molar-refractivity contribution in [3.63, 3.8) is 0 Å². The number of carboxylic acid groups (broad SMARTS) is 1. The Bertz CT molecular complexity index is 641. The number of halogens is 3. The predicted octanol–water partition coefficient (Wildman–Crippen LogP) is 2.80. The van der Waals surface area contributed by atoms with Gasteiger partial charge >= 0.3 is 5.97 Å². The highest BCUT2D eigenvalue weighted by Gasteiger charge is 2.41. The molecular weight excluding hydrogens is 369 g/mol. The molecule has 1 aliphatic heterocycles. The minimum Gasteiger partial charge on any atom is -0.480 e. The van der Waals surface area contributed by atoms with Crippen LogP contribution in [0, 0.1) is 0 Å². The molecule has 1 N–H and O–H groups in total. The summed E-state index contributed by atoms with van der Waals surface area (Å²) in [6, 6.07) is 1.37. The Morgan fingerprint density at radius 1 is 1.30 bits per heavy atom. The molecule has 2 rings (SSSR count). The first-order valence-corrected chi connectivity index (χ1v) is 8.95. The van der Waals surface area contributed by atoms with Gasteiger partial charge < -0.3 is 5.11 Å². The van der Waals surface area contributed by atoms with Crippen LogP contribution >= 0.6 is 46.6 Å². The quantitative estimate of drug-likeness (QED) is 0.878. The van der Waals surface area contributed by atoms with Crippen LogP contribution < -0.4 is 0 Å². The lowest BCUT2D eigenvalue weighted by molar-refractivity contribution is -0.140. The molecule has 0 radical (unpaired) electrons. The average molecular weight is 377 g/mol. The number of nitrogens with zero attached hydrogens (tertiary/aromatic N) is 1. The highest BCUT2D eigenvalue weighted by Crippen LogP contribution is 2.37. The summed E-state index contributed by atoms with van der Waals surface area (Å²) in [4.78, 5) is 10.8. The van der Waals surface area contributed by atoms with Crippen LogP contribution in [0.5, 0.6) is 0 Å². The lowest BCUT2D eigenvalue weighted by Crippen LogP contribution is -2.41. The van der Waals surface area contributed by atoms with Gasteiger partial charge in [-0.15, -0.1) is 11.8 Å². The molecule has 1 aromatic carbocycles. The number of hydrogen-bond donors (Lipinski definition) is 1. The summed E-state index contributed by atoms with van der Waals surface area (Å²) in [7, 11) is -4.10. The number of benzene rings is 1. The Balaban J connectivity index is 2.54. The van der Waals surface area contributed by atoms with Gasteiger partial charge in [0.1, 0.15) is 10.9 Å². The molecule has 1 aromatic rings. The summed E-state index contributed by atoms with van der Waals surface area (Å²) >= 11 is 18.7. The van der Waals surface area contributed by atoms with Crippen molar-refractivity contribution in [1.29, 1.82) is 0 Å². The van der Waals surface area contributed by atoms with Crippen molar-refractivity contribution in [3.8, 4) is 0 Å². The van der Waals surface area contributed by atoms with Gasteiger partial charge in [0.15, 0.2) is 0 Å². The van der Waals surface area contributed by atoms with Gasteiger partial charge in [0, 0.05) is 10.8 Å². The van der Waals surface area contributed by atoms with E-state index in [9.17, 15) is 13.2 Å². The van der Waals surface area contributed by atoms with E-state index in [4.69, 9.17) is 39.9 Å². The number of hydrogen-bond acceptors (Lipinski definition) is 4. The molecule has 1 saturated heterocycles. The molecule has 1 atom stereocenters. The smallest absolute Gasteiger partial charge is 0.322 e. The molecule has 0 amide bonds. The van der Waals surface area contributed by atoms with Crippen LogP contribution in [0.4, 0.5) is 0 Å². The van der Waals surface area contributed by atoms with Crippen LogP contribution in [0.3, 0.4) is 0 Å². The van der Waals surface area contributed by atoms with Crippen molar-refractivity contribution in [2.45, 2.75) is 10.9 Å². The second kappa shape index (κ2) is 5.90. The van der Waals surface area contributed by atoms with Crippen molar-refractivity contribution in [2.24, 2.45) is 0 Å². The Morgan fingerprint density at radius 2 is 1.85 bits per heavy atom. The van der Waals surface area contributed by atoms with E-state index in [1.54, 1.807) is 0 Å². The molecule has 1 unspecified atom stereocenters. The van der Waals surface area contributed by atoms with Crippen molar-refractivity contribution in [1.82, 2.24) is 4.31 Å². The van der Waals surface area contributed by atoms with Crippen molar-refractivity contribution < 1.29 is 18.3 Å². The molecule has 5 nitrogen and oxygen atoms in total. The summed E-state index contributed by atoms with van der Waals surface area (Å²) < 4.78 is 26.0. The topological polar surface area (TPSA) is 74.7 Å². The van der Waals surface area contributed by atoms with E-state index in [0.29, 0.717) is 0 Å². The van der Waals surface area contributed by atoms with E-state index in [2.05, 4.69) is 0 Å². The van der Waals surface area contributed by atoms with E-state index < -0.39 is 22.0 Å². The first-order chi connectivity index (χ1) is 9.25. The molecule has 0 saturated carbocycles. The summed E-state index contributed by atoms with van der Waals surface area (Å²) in [5, 5.41) is 9.00. The molecule has 10 heteroatoms. The average Bonchev–Trinajstić information content (AvgIpc) is 2.75. The first kappa shape index (κ1) is 16.2. The third kappa shape index (κ3) is 2.88. The monoisotopic (exact) mass is 375 g/mol. The molecule has 0 aromatic heterocycles. The number of carboxylic acids is 1. The summed E-state index contributed by atoms with van der Waals surface area (Å²) in [6.45, 7) is 0. The summed E-state index contributed by atoms with van der Waals surface area (Å²) in [5.74, 6) is -0.994. The fourth-order valence-electron chi connectivity index (χ4n) is 1.75. The van der Waals surface area contributed by atoms with E-state index in [0.717, 1.165) is 4.31 Å². The zero-order valence-corrected chi connectivity index (χ0v) is 13.6. The number of aliphatic carboxylic acids is 1. The zero-order valence-electron chi connectivity index (χ0n) is 9.72. The van der Waals surface area contributed by atoms with Crippen molar-refractivity contribution in [2.75, 3.05) is 11.6 Å². The molecule has 1 fully saturated rings. The zero-order chi connectivity index (χ0) is 15.1. The standard InChI is InChI=1S/C10H8Cl3NO4S2/c11-5-1-6(12)9(7(13)2-5)20(17,18)14-4-19-3-8(14)10(15)16/h1-2,8H,3-4H2,(H,15,16). The number of rotatable bonds is 3. The number of thioether (sulfide) groups is 1. The van der Waals surface area contributed by atoms with Gasteiger partial charge in [0.05, 0.1) is 15.9 Å².